The van der Waals surface area contributed by atoms with Crippen LogP contribution in [-0.4, -0.2) is 52.7 Å². The molecule has 134 valence electrons. The predicted molar refractivity (Wildman–Crippen MR) is 89.0 cm³/mol. The summed E-state index contributed by atoms with van der Waals surface area (Å²) in [5.74, 6) is 0.469. The summed E-state index contributed by atoms with van der Waals surface area (Å²) >= 11 is 0. The van der Waals surface area contributed by atoms with Crippen LogP contribution in [-0.2, 0) is 11.2 Å². The Morgan fingerprint density at radius 1 is 0.960 bits per heavy atom. The van der Waals surface area contributed by atoms with Gasteiger partial charge < -0.3 is 24.8 Å². The molecule has 2 aromatic carbocycles. The third kappa shape index (κ3) is 3.99. The van der Waals surface area contributed by atoms with Crippen molar-refractivity contribution in [1.82, 2.24) is 0 Å². The fourth-order valence-corrected chi connectivity index (χ4v) is 2.84. The van der Waals surface area contributed by atoms with Crippen LogP contribution in [0.5, 0.6) is 5.75 Å². The lowest BCUT2D eigenvalue weighted by Gasteiger charge is -2.38. The van der Waals surface area contributed by atoms with Crippen LogP contribution >= 0.6 is 0 Å². The average Bonchev–Trinajstić information content (AvgIpc) is 2.64. The monoisotopic (exact) mass is 348 g/mol. The summed E-state index contributed by atoms with van der Waals surface area (Å²) in [7, 11) is 0. The highest BCUT2D eigenvalue weighted by atomic mass is 19.1. The molecular formula is C19H21FO5. The summed E-state index contributed by atoms with van der Waals surface area (Å²) in [6.45, 7) is -0.615. The molecular weight excluding hydrogens is 327 g/mol. The van der Waals surface area contributed by atoms with E-state index in [1.807, 2.05) is 42.5 Å². The average molecular weight is 348 g/mol. The van der Waals surface area contributed by atoms with E-state index in [1.165, 1.54) is 0 Å². The first-order chi connectivity index (χ1) is 12.1. The number of para-hydroxylation sites is 1. The molecule has 0 spiro atoms. The number of hydrogen-bond acceptors (Lipinski definition) is 5. The van der Waals surface area contributed by atoms with Gasteiger partial charge in [0.15, 0.2) is 6.17 Å². The molecule has 3 rings (SSSR count). The number of ether oxygens (including phenoxy) is 2. The normalized spacial score (nSPS) is 29.4. The summed E-state index contributed by atoms with van der Waals surface area (Å²) < 4.78 is 24.8. The minimum Gasteiger partial charge on any atom is -0.462 e. The lowest BCUT2D eigenvalue weighted by molar-refractivity contribution is -0.265. The van der Waals surface area contributed by atoms with Gasteiger partial charge in [0.05, 0.1) is 6.61 Å². The molecule has 5 unspecified atom stereocenters. The van der Waals surface area contributed by atoms with Gasteiger partial charge in [-0.2, -0.15) is 0 Å². The minimum absolute atomic E-state index is 0.469. The molecule has 0 amide bonds. The smallest absolute Gasteiger partial charge is 0.229 e. The van der Waals surface area contributed by atoms with Crippen molar-refractivity contribution in [2.24, 2.45) is 0 Å². The molecule has 5 nitrogen and oxygen atoms in total. The van der Waals surface area contributed by atoms with Crippen molar-refractivity contribution in [2.75, 3.05) is 6.61 Å². The fraction of sp³-hybridized carbons (Fsp3) is 0.368. The van der Waals surface area contributed by atoms with Crippen LogP contribution in [0.3, 0.4) is 0 Å². The molecule has 25 heavy (non-hydrogen) atoms. The van der Waals surface area contributed by atoms with Gasteiger partial charge >= 0.3 is 0 Å². The third-order valence-corrected chi connectivity index (χ3v) is 4.25. The zero-order valence-electron chi connectivity index (χ0n) is 13.5. The molecule has 3 N–H and O–H groups in total. The molecule has 0 bridgehead atoms. The number of benzene rings is 2. The van der Waals surface area contributed by atoms with Crippen LogP contribution < -0.4 is 4.74 Å². The standard InChI is InChI=1S/C19H21FO5/c20-16-15(11-21)25-19(18(23)17(16)22)24-14-9-5-4-8-13(14)10-12-6-2-1-3-7-12/h1-9,15-19,21-23H,10-11H2. The minimum atomic E-state index is -1.88. The van der Waals surface area contributed by atoms with Gasteiger partial charge in [0, 0.05) is 6.42 Å². The second-order valence-electron chi connectivity index (χ2n) is 6.04. The van der Waals surface area contributed by atoms with Gasteiger partial charge in [0.1, 0.15) is 24.1 Å². The highest BCUT2D eigenvalue weighted by Crippen LogP contribution is 2.28. The Kier molecular flexibility index (Phi) is 5.65. The van der Waals surface area contributed by atoms with Crippen LogP contribution in [0.2, 0.25) is 0 Å². The molecule has 0 aliphatic carbocycles. The Morgan fingerprint density at radius 3 is 2.36 bits per heavy atom. The Bertz CT molecular complexity index is 679. The van der Waals surface area contributed by atoms with Crippen LogP contribution in [0, 0.1) is 0 Å². The van der Waals surface area contributed by atoms with Gasteiger partial charge in [-0.05, 0) is 17.2 Å². The van der Waals surface area contributed by atoms with Crippen LogP contribution in [0.25, 0.3) is 0 Å². The van der Waals surface area contributed by atoms with Gasteiger partial charge in [-0.25, -0.2) is 4.39 Å². The molecule has 1 fully saturated rings. The Balaban J connectivity index is 1.78. The maximum Gasteiger partial charge on any atom is 0.229 e. The molecule has 0 aromatic heterocycles. The van der Waals surface area contributed by atoms with Crippen molar-refractivity contribution in [1.29, 1.82) is 0 Å². The Hall–Kier alpha value is -1.99. The summed E-state index contributed by atoms with van der Waals surface area (Å²) in [6.07, 6.45) is -7.02. The van der Waals surface area contributed by atoms with E-state index >= 15 is 0 Å². The third-order valence-electron chi connectivity index (χ3n) is 4.25. The van der Waals surface area contributed by atoms with Gasteiger partial charge in [0.25, 0.3) is 0 Å². The van der Waals surface area contributed by atoms with E-state index in [1.54, 1.807) is 12.1 Å². The molecule has 0 saturated carbocycles. The number of hydrogen-bond donors (Lipinski definition) is 3. The van der Waals surface area contributed by atoms with E-state index in [4.69, 9.17) is 9.47 Å². The lowest BCUT2D eigenvalue weighted by atomic mass is 10.0. The maximum absolute atomic E-state index is 13.8. The number of rotatable bonds is 5. The maximum atomic E-state index is 13.8. The van der Waals surface area contributed by atoms with Crippen molar-refractivity contribution < 1.29 is 29.2 Å². The van der Waals surface area contributed by atoms with E-state index in [9.17, 15) is 19.7 Å². The van der Waals surface area contributed by atoms with Gasteiger partial charge in [-0.1, -0.05) is 48.5 Å². The molecule has 1 saturated heterocycles. The van der Waals surface area contributed by atoms with E-state index in [0.29, 0.717) is 12.2 Å². The lowest BCUT2D eigenvalue weighted by Crippen LogP contribution is -2.58. The first kappa shape index (κ1) is 17.8. The number of aliphatic hydroxyl groups excluding tert-OH is 3. The van der Waals surface area contributed by atoms with Crippen molar-refractivity contribution >= 4 is 0 Å². The summed E-state index contributed by atoms with van der Waals surface area (Å²) in [6, 6.07) is 17.0. The molecule has 5 atom stereocenters. The number of halogens is 1. The zero-order chi connectivity index (χ0) is 17.8. The first-order valence-corrected chi connectivity index (χ1v) is 8.15. The zero-order valence-corrected chi connectivity index (χ0v) is 13.5. The largest absolute Gasteiger partial charge is 0.462 e. The Morgan fingerprint density at radius 2 is 1.64 bits per heavy atom. The fourth-order valence-electron chi connectivity index (χ4n) is 2.84. The van der Waals surface area contributed by atoms with Crippen molar-refractivity contribution in [3.63, 3.8) is 0 Å². The second-order valence-corrected chi connectivity index (χ2v) is 6.04. The molecule has 1 aliphatic rings. The van der Waals surface area contributed by atoms with Gasteiger partial charge in [-0.15, -0.1) is 0 Å². The molecule has 2 aromatic rings. The Labute approximate surface area is 145 Å². The second kappa shape index (κ2) is 7.93. The first-order valence-electron chi connectivity index (χ1n) is 8.15. The van der Waals surface area contributed by atoms with Crippen LogP contribution in [0.15, 0.2) is 54.6 Å². The topological polar surface area (TPSA) is 79.2 Å². The number of alkyl halides is 1. The van der Waals surface area contributed by atoms with Crippen LogP contribution in [0.4, 0.5) is 4.39 Å². The molecule has 6 heteroatoms. The van der Waals surface area contributed by atoms with Crippen molar-refractivity contribution in [2.45, 2.75) is 37.2 Å². The summed E-state index contributed by atoms with van der Waals surface area (Å²) in [5.41, 5.74) is 1.95. The van der Waals surface area contributed by atoms with Crippen molar-refractivity contribution in [3.8, 4) is 5.75 Å². The quantitative estimate of drug-likeness (QED) is 0.762. The SMILES string of the molecule is OCC1OC(Oc2ccccc2Cc2ccccc2)C(O)C(O)C1F. The molecule has 0 radical (unpaired) electrons. The van der Waals surface area contributed by atoms with E-state index in [2.05, 4.69) is 0 Å². The summed E-state index contributed by atoms with van der Waals surface area (Å²) in [4.78, 5) is 0. The van der Waals surface area contributed by atoms with Crippen LogP contribution in [0.1, 0.15) is 11.1 Å². The predicted octanol–water partition coefficient (Wildman–Crippen LogP) is 1.43. The highest BCUT2D eigenvalue weighted by Gasteiger charge is 2.46. The number of aliphatic hydroxyl groups is 3. The van der Waals surface area contributed by atoms with Gasteiger partial charge in [0.2, 0.25) is 6.29 Å². The molecule has 1 aliphatic heterocycles. The van der Waals surface area contributed by atoms with Gasteiger partial charge in [-0.3, -0.25) is 0 Å². The summed E-state index contributed by atoms with van der Waals surface area (Å²) in [5, 5.41) is 29.0. The van der Waals surface area contributed by atoms with Crippen molar-refractivity contribution in [3.05, 3.63) is 65.7 Å². The van der Waals surface area contributed by atoms with E-state index in [0.717, 1.165) is 11.1 Å². The molecule has 1 heterocycles. The van der Waals surface area contributed by atoms with E-state index < -0.39 is 37.4 Å². The highest BCUT2D eigenvalue weighted by molar-refractivity contribution is 5.37. The van der Waals surface area contributed by atoms with E-state index in [-0.39, 0.29) is 0 Å².